The van der Waals surface area contributed by atoms with E-state index in [1.165, 1.54) is 4.90 Å². The van der Waals surface area contributed by atoms with Crippen molar-refractivity contribution >= 4 is 11.9 Å². The maximum absolute atomic E-state index is 12.8. The number of hydrogen-bond donors (Lipinski definition) is 1. The predicted octanol–water partition coefficient (Wildman–Crippen LogP) is 3.39. The molecule has 2 fully saturated rings. The van der Waals surface area contributed by atoms with Gasteiger partial charge in [0.05, 0.1) is 6.54 Å². The van der Waals surface area contributed by atoms with Crippen LogP contribution < -0.4 is 5.32 Å². The van der Waals surface area contributed by atoms with Crippen LogP contribution in [0.25, 0.3) is 0 Å². The lowest BCUT2D eigenvalue weighted by atomic mass is 9.75. The lowest BCUT2D eigenvalue weighted by Gasteiger charge is -2.34. The minimum Gasteiger partial charge on any atom is -0.323 e. The molecular formula is C18H24N2O2. The van der Waals surface area contributed by atoms with Gasteiger partial charge < -0.3 is 5.32 Å². The molecule has 1 aliphatic heterocycles. The number of nitrogens with one attached hydrogen (secondary N) is 1. The van der Waals surface area contributed by atoms with E-state index in [-0.39, 0.29) is 11.9 Å². The van der Waals surface area contributed by atoms with Gasteiger partial charge in [0.15, 0.2) is 0 Å². The van der Waals surface area contributed by atoms with Crippen LogP contribution in [-0.2, 0) is 11.3 Å². The third kappa shape index (κ3) is 2.51. The first kappa shape index (κ1) is 15.1. The molecule has 1 spiro atoms. The maximum atomic E-state index is 12.8. The zero-order valence-corrected chi connectivity index (χ0v) is 13.4. The summed E-state index contributed by atoms with van der Waals surface area (Å²) < 4.78 is 0. The molecule has 2 aliphatic rings. The zero-order chi connectivity index (χ0) is 15.7. The summed E-state index contributed by atoms with van der Waals surface area (Å²) in [6.45, 7) is 4.58. The van der Waals surface area contributed by atoms with E-state index in [2.05, 4.69) is 12.2 Å². The van der Waals surface area contributed by atoms with Gasteiger partial charge in [-0.15, -0.1) is 0 Å². The maximum Gasteiger partial charge on any atom is 0.325 e. The van der Waals surface area contributed by atoms with Crippen LogP contribution in [0.3, 0.4) is 0 Å². The Hall–Kier alpha value is -1.84. The van der Waals surface area contributed by atoms with E-state index in [9.17, 15) is 9.59 Å². The summed E-state index contributed by atoms with van der Waals surface area (Å²) in [4.78, 5) is 26.6. The third-order valence-electron chi connectivity index (χ3n) is 5.37. The van der Waals surface area contributed by atoms with Crippen LogP contribution in [0.4, 0.5) is 4.79 Å². The van der Waals surface area contributed by atoms with Crippen LogP contribution in [0.15, 0.2) is 24.3 Å². The van der Waals surface area contributed by atoms with Gasteiger partial charge in [-0.2, -0.15) is 0 Å². The Labute approximate surface area is 131 Å². The van der Waals surface area contributed by atoms with E-state index in [0.29, 0.717) is 12.5 Å². The molecule has 0 radical (unpaired) electrons. The van der Waals surface area contributed by atoms with Crippen LogP contribution in [0.1, 0.15) is 50.2 Å². The van der Waals surface area contributed by atoms with E-state index in [0.717, 1.165) is 43.2 Å². The fourth-order valence-electron chi connectivity index (χ4n) is 3.70. The molecule has 1 aliphatic carbocycles. The molecular weight excluding hydrogens is 276 g/mol. The van der Waals surface area contributed by atoms with Crippen molar-refractivity contribution in [1.82, 2.24) is 10.2 Å². The first-order valence-electron chi connectivity index (χ1n) is 8.24. The minimum atomic E-state index is -0.633. The number of aryl methyl sites for hydroxylation is 1. The van der Waals surface area contributed by atoms with Crippen LogP contribution in [-0.4, -0.2) is 22.4 Å². The van der Waals surface area contributed by atoms with Gasteiger partial charge in [0.25, 0.3) is 5.91 Å². The highest BCUT2D eigenvalue weighted by Gasteiger charge is 2.52. The van der Waals surface area contributed by atoms with Gasteiger partial charge in [-0.05, 0) is 49.7 Å². The number of imide groups is 1. The SMILES string of the molecule is CCC1CCC2(CC1)NC(=O)N(Cc1ccccc1C)C2=O. The van der Waals surface area contributed by atoms with E-state index in [1.807, 2.05) is 31.2 Å². The van der Waals surface area contributed by atoms with Crippen LogP contribution >= 0.6 is 0 Å². The van der Waals surface area contributed by atoms with Crippen LogP contribution in [0, 0.1) is 12.8 Å². The van der Waals surface area contributed by atoms with Crippen molar-refractivity contribution < 1.29 is 9.59 Å². The number of amides is 3. The van der Waals surface area contributed by atoms with Gasteiger partial charge in [-0.3, -0.25) is 9.69 Å². The Kier molecular flexibility index (Phi) is 3.94. The lowest BCUT2D eigenvalue weighted by Crippen LogP contribution is -2.49. The monoisotopic (exact) mass is 300 g/mol. The van der Waals surface area contributed by atoms with Gasteiger partial charge in [0.1, 0.15) is 5.54 Å². The summed E-state index contributed by atoms with van der Waals surface area (Å²) in [7, 11) is 0. The quantitative estimate of drug-likeness (QED) is 0.870. The molecule has 4 nitrogen and oxygen atoms in total. The van der Waals surface area contributed by atoms with Gasteiger partial charge in [-0.25, -0.2) is 4.79 Å². The number of hydrogen-bond acceptors (Lipinski definition) is 2. The molecule has 1 saturated heterocycles. The molecule has 0 aromatic heterocycles. The topological polar surface area (TPSA) is 49.4 Å². The molecule has 1 saturated carbocycles. The van der Waals surface area contributed by atoms with Crippen molar-refractivity contribution in [1.29, 1.82) is 0 Å². The lowest BCUT2D eigenvalue weighted by molar-refractivity contribution is -0.133. The van der Waals surface area contributed by atoms with Crippen LogP contribution in [0.5, 0.6) is 0 Å². The third-order valence-corrected chi connectivity index (χ3v) is 5.37. The Morgan fingerprint density at radius 1 is 1.23 bits per heavy atom. The number of urea groups is 1. The molecule has 3 rings (SSSR count). The highest BCUT2D eigenvalue weighted by molar-refractivity contribution is 6.07. The first-order valence-corrected chi connectivity index (χ1v) is 8.24. The molecule has 0 unspecified atom stereocenters. The highest BCUT2D eigenvalue weighted by atomic mass is 16.2. The number of nitrogens with zero attached hydrogens (tertiary/aromatic N) is 1. The Morgan fingerprint density at radius 3 is 2.55 bits per heavy atom. The second-order valence-electron chi connectivity index (χ2n) is 6.68. The molecule has 118 valence electrons. The summed E-state index contributed by atoms with van der Waals surface area (Å²) in [6.07, 6.45) is 4.77. The molecule has 4 heteroatoms. The fourth-order valence-corrected chi connectivity index (χ4v) is 3.70. The van der Waals surface area contributed by atoms with Crippen molar-refractivity contribution in [3.05, 3.63) is 35.4 Å². The van der Waals surface area contributed by atoms with Gasteiger partial charge >= 0.3 is 6.03 Å². The van der Waals surface area contributed by atoms with Gasteiger partial charge in [0, 0.05) is 0 Å². The summed E-state index contributed by atoms with van der Waals surface area (Å²) in [5, 5.41) is 2.99. The number of rotatable bonds is 3. The van der Waals surface area contributed by atoms with Crippen molar-refractivity contribution in [2.75, 3.05) is 0 Å². The first-order chi connectivity index (χ1) is 10.6. The van der Waals surface area contributed by atoms with E-state index in [4.69, 9.17) is 0 Å². The van der Waals surface area contributed by atoms with Crippen molar-refractivity contribution in [2.45, 2.75) is 58.0 Å². The highest BCUT2D eigenvalue weighted by Crippen LogP contribution is 2.38. The molecule has 22 heavy (non-hydrogen) atoms. The Morgan fingerprint density at radius 2 is 1.91 bits per heavy atom. The largest absolute Gasteiger partial charge is 0.325 e. The van der Waals surface area contributed by atoms with E-state index >= 15 is 0 Å². The summed E-state index contributed by atoms with van der Waals surface area (Å²) in [5.41, 5.74) is 1.51. The smallest absolute Gasteiger partial charge is 0.323 e. The second-order valence-corrected chi connectivity index (χ2v) is 6.68. The standard InChI is InChI=1S/C18H24N2O2/c1-3-14-8-10-18(11-9-14)16(21)20(17(22)19-18)12-15-7-5-4-6-13(15)2/h4-7,14H,3,8-12H2,1-2H3,(H,19,22). The van der Waals surface area contributed by atoms with Crippen molar-refractivity contribution in [3.8, 4) is 0 Å². The zero-order valence-electron chi connectivity index (χ0n) is 13.4. The average Bonchev–Trinajstić information content (AvgIpc) is 2.75. The van der Waals surface area contributed by atoms with Crippen molar-refractivity contribution in [2.24, 2.45) is 5.92 Å². The predicted molar refractivity (Wildman–Crippen MR) is 85.2 cm³/mol. The molecule has 1 N–H and O–H groups in total. The number of carbonyl (C=O) groups excluding carboxylic acids is 2. The fraction of sp³-hybridized carbons (Fsp3) is 0.556. The Bertz CT molecular complexity index is 589. The summed E-state index contributed by atoms with van der Waals surface area (Å²) in [5.74, 6) is 0.663. The second kappa shape index (κ2) is 5.75. The molecule has 3 amide bonds. The van der Waals surface area contributed by atoms with E-state index in [1.54, 1.807) is 0 Å². The van der Waals surface area contributed by atoms with Crippen LogP contribution in [0.2, 0.25) is 0 Å². The molecule has 1 heterocycles. The van der Waals surface area contributed by atoms with Gasteiger partial charge in [0.2, 0.25) is 0 Å². The van der Waals surface area contributed by atoms with E-state index < -0.39 is 5.54 Å². The van der Waals surface area contributed by atoms with Gasteiger partial charge in [-0.1, -0.05) is 37.6 Å². The summed E-state index contributed by atoms with van der Waals surface area (Å²) >= 11 is 0. The molecule has 1 aromatic carbocycles. The summed E-state index contributed by atoms with van der Waals surface area (Å²) in [6, 6.07) is 7.68. The molecule has 0 bridgehead atoms. The molecule has 0 atom stereocenters. The number of carbonyl (C=O) groups is 2. The number of benzene rings is 1. The molecule has 1 aromatic rings. The Balaban J connectivity index is 1.76. The van der Waals surface area contributed by atoms with Crippen molar-refractivity contribution in [3.63, 3.8) is 0 Å². The normalized spacial score (nSPS) is 28.3. The average molecular weight is 300 g/mol. The minimum absolute atomic E-state index is 0.0321.